The van der Waals surface area contributed by atoms with Crippen LogP contribution in [0.2, 0.25) is 0 Å². The van der Waals surface area contributed by atoms with Crippen LogP contribution in [0.4, 0.5) is 0 Å². The predicted octanol–water partition coefficient (Wildman–Crippen LogP) is 6.87. The second-order valence-electron chi connectivity index (χ2n) is 8.86. The zero-order valence-corrected chi connectivity index (χ0v) is 19.1. The molecule has 0 aliphatic carbocycles. The van der Waals surface area contributed by atoms with Crippen molar-refractivity contribution in [3.05, 3.63) is 22.6 Å². The fraction of sp³-hybridized carbons (Fsp3) is 0.870. The zero-order chi connectivity index (χ0) is 22.0. The molecule has 0 aromatic carbocycles. The normalized spacial score (nSPS) is 13.8. The Hall–Kier alpha value is -1.52. The van der Waals surface area contributed by atoms with Crippen molar-refractivity contribution < 1.29 is 14.6 Å². The van der Waals surface area contributed by atoms with Crippen molar-refractivity contribution in [1.82, 2.24) is 0 Å². The van der Waals surface area contributed by atoms with E-state index in [9.17, 15) is 9.90 Å². The molecule has 0 rings (SSSR count). The first-order chi connectivity index (χ1) is 13.8. The topological polar surface area (TPSA) is 95.3 Å². The molecular weight excluding hydrogens is 366 g/mol. The van der Waals surface area contributed by atoms with Crippen LogP contribution >= 0.6 is 0 Å². The van der Waals surface area contributed by atoms with Crippen molar-refractivity contribution in [3.8, 4) is 0 Å². The molecule has 0 aliphatic rings. The highest BCUT2D eigenvalue weighted by Crippen LogP contribution is 2.16. The number of hydrogen-bond acceptors (Lipinski definition) is 4. The number of azide groups is 1. The Kier molecular flexibility index (Phi) is 16.4. The molecule has 0 spiro atoms. The number of unbranched alkanes of at least 4 members (excludes halogenated alkanes) is 11. The first-order valence-corrected chi connectivity index (χ1v) is 11.4. The summed E-state index contributed by atoms with van der Waals surface area (Å²) in [5.41, 5.74) is 8.05. The molecule has 0 saturated carbocycles. The molecule has 6 nitrogen and oxygen atoms in total. The molecule has 1 N–H and O–H groups in total. The largest absolute Gasteiger partial charge is 0.465 e. The minimum atomic E-state index is -0.952. The summed E-state index contributed by atoms with van der Waals surface area (Å²) in [5.74, 6) is -0.382. The number of carbonyl (C=O) groups is 1. The van der Waals surface area contributed by atoms with Gasteiger partial charge in [0.25, 0.3) is 0 Å². The minimum Gasteiger partial charge on any atom is -0.465 e. The molecule has 0 aromatic heterocycles. The van der Waals surface area contributed by atoms with Crippen LogP contribution < -0.4 is 0 Å². The first-order valence-electron chi connectivity index (χ1n) is 11.4. The van der Waals surface area contributed by atoms with Gasteiger partial charge in [0.05, 0.1) is 11.5 Å². The van der Waals surface area contributed by atoms with E-state index in [1.807, 2.05) is 6.08 Å². The second-order valence-corrected chi connectivity index (χ2v) is 8.86. The fourth-order valence-corrected chi connectivity index (χ4v) is 2.93. The Morgan fingerprint density at radius 2 is 1.55 bits per heavy atom. The minimum absolute atomic E-state index is 0.121. The van der Waals surface area contributed by atoms with Crippen molar-refractivity contribution in [3.63, 3.8) is 0 Å². The first kappa shape index (κ1) is 27.5. The van der Waals surface area contributed by atoms with Gasteiger partial charge in [-0.25, -0.2) is 0 Å². The highest BCUT2D eigenvalue weighted by molar-refractivity contribution is 5.75. The van der Waals surface area contributed by atoms with E-state index in [1.165, 1.54) is 64.2 Å². The molecule has 0 fully saturated rings. The molecule has 0 bridgehead atoms. The molecule has 0 aliphatic heterocycles. The van der Waals surface area contributed by atoms with Gasteiger partial charge in [0.2, 0.25) is 0 Å². The van der Waals surface area contributed by atoms with Crippen molar-refractivity contribution in [2.24, 2.45) is 10.5 Å². The second kappa shape index (κ2) is 17.3. The van der Waals surface area contributed by atoms with Crippen LogP contribution in [-0.4, -0.2) is 29.8 Å². The van der Waals surface area contributed by atoms with E-state index in [0.717, 1.165) is 12.8 Å². The Morgan fingerprint density at radius 1 is 1.03 bits per heavy atom. The molecule has 0 unspecified atom stereocenters. The quantitative estimate of drug-likeness (QED) is 0.0708. The number of esters is 1. The van der Waals surface area contributed by atoms with Gasteiger partial charge in [-0.2, -0.15) is 0 Å². The predicted molar refractivity (Wildman–Crippen MR) is 120 cm³/mol. The highest BCUT2D eigenvalue weighted by atomic mass is 16.5. The van der Waals surface area contributed by atoms with Gasteiger partial charge in [-0.1, -0.05) is 88.4 Å². The SMILES string of the molecule is CCCCCCCCCCCCC/C=C/[C@@H](O)[C@H](COC(=O)C(C)(C)C)N=[N+]=[N-]. The maximum atomic E-state index is 11.8. The van der Waals surface area contributed by atoms with Gasteiger partial charge in [0, 0.05) is 4.91 Å². The Bertz CT molecular complexity index is 494. The van der Waals surface area contributed by atoms with Gasteiger partial charge in [-0.05, 0) is 39.1 Å². The molecular formula is C23H43N3O3. The van der Waals surface area contributed by atoms with Crippen molar-refractivity contribution >= 4 is 5.97 Å². The monoisotopic (exact) mass is 409 g/mol. The highest BCUT2D eigenvalue weighted by Gasteiger charge is 2.25. The van der Waals surface area contributed by atoms with Gasteiger partial charge in [0.15, 0.2) is 0 Å². The Labute approximate surface area is 177 Å². The van der Waals surface area contributed by atoms with Crippen LogP contribution in [0.25, 0.3) is 10.4 Å². The van der Waals surface area contributed by atoms with E-state index in [0.29, 0.717) is 0 Å². The van der Waals surface area contributed by atoms with Crippen LogP contribution in [0.1, 0.15) is 105 Å². The molecule has 29 heavy (non-hydrogen) atoms. The van der Waals surface area contributed by atoms with E-state index in [-0.39, 0.29) is 12.6 Å². The van der Waals surface area contributed by atoms with E-state index in [2.05, 4.69) is 16.9 Å². The van der Waals surface area contributed by atoms with Crippen LogP contribution in [0.5, 0.6) is 0 Å². The third kappa shape index (κ3) is 16.0. The standard InChI is InChI=1S/C23H43N3O3/c1-5-6-7-8-9-10-11-12-13-14-15-16-17-18-21(27)20(25-26-24)19-29-22(28)23(2,3)4/h17-18,20-21,27H,5-16,19H2,1-4H3/b18-17+/t20-,21+/m0/s1. The van der Waals surface area contributed by atoms with Gasteiger partial charge < -0.3 is 9.84 Å². The number of allylic oxidation sites excluding steroid dienone is 1. The molecule has 0 radical (unpaired) electrons. The summed E-state index contributed by atoms with van der Waals surface area (Å²) < 4.78 is 5.16. The molecule has 6 heteroatoms. The number of aliphatic hydroxyl groups is 1. The summed E-state index contributed by atoms with van der Waals surface area (Å²) in [6, 6.07) is -0.806. The number of ether oxygens (including phenoxy) is 1. The third-order valence-electron chi connectivity index (χ3n) is 4.90. The van der Waals surface area contributed by atoms with Crippen LogP contribution in [0, 0.1) is 5.41 Å². The summed E-state index contributed by atoms with van der Waals surface area (Å²) in [5, 5.41) is 13.8. The third-order valence-corrected chi connectivity index (χ3v) is 4.90. The van der Waals surface area contributed by atoms with E-state index in [4.69, 9.17) is 10.3 Å². The lowest BCUT2D eigenvalue weighted by Crippen LogP contribution is -2.31. The number of aliphatic hydroxyl groups excluding tert-OH is 1. The summed E-state index contributed by atoms with van der Waals surface area (Å²) >= 11 is 0. The average molecular weight is 410 g/mol. The molecule has 0 heterocycles. The van der Waals surface area contributed by atoms with E-state index in [1.54, 1.807) is 26.8 Å². The zero-order valence-electron chi connectivity index (χ0n) is 19.1. The van der Waals surface area contributed by atoms with Gasteiger partial charge in [-0.15, -0.1) is 0 Å². The fourth-order valence-electron chi connectivity index (χ4n) is 2.93. The van der Waals surface area contributed by atoms with Crippen molar-refractivity contribution in [2.75, 3.05) is 6.61 Å². The summed E-state index contributed by atoms with van der Waals surface area (Å²) in [4.78, 5) is 14.6. The van der Waals surface area contributed by atoms with Crippen LogP contribution in [0.15, 0.2) is 17.3 Å². The van der Waals surface area contributed by atoms with Crippen LogP contribution in [0.3, 0.4) is 0 Å². The lowest BCUT2D eigenvalue weighted by molar-refractivity contribution is -0.153. The number of carbonyl (C=O) groups excluding carboxylic acids is 1. The van der Waals surface area contributed by atoms with Crippen molar-refractivity contribution in [2.45, 2.75) is 117 Å². The van der Waals surface area contributed by atoms with E-state index >= 15 is 0 Å². The Morgan fingerprint density at radius 3 is 2.03 bits per heavy atom. The molecule has 2 atom stereocenters. The van der Waals surface area contributed by atoms with Gasteiger partial charge >= 0.3 is 5.97 Å². The smallest absolute Gasteiger partial charge is 0.311 e. The van der Waals surface area contributed by atoms with Gasteiger partial charge in [-0.3, -0.25) is 4.79 Å². The number of hydrogen-bond donors (Lipinski definition) is 1. The average Bonchev–Trinajstić information content (AvgIpc) is 2.67. The summed E-state index contributed by atoms with van der Waals surface area (Å²) in [7, 11) is 0. The van der Waals surface area contributed by atoms with Gasteiger partial charge in [0.1, 0.15) is 12.6 Å². The lowest BCUT2D eigenvalue weighted by Gasteiger charge is -2.20. The van der Waals surface area contributed by atoms with E-state index < -0.39 is 17.6 Å². The van der Waals surface area contributed by atoms with Crippen molar-refractivity contribution in [1.29, 1.82) is 0 Å². The number of rotatable bonds is 17. The maximum absolute atomic E-state index is 11.8. The summed E-state index contributed by atoms with van der Waals surface area (Å²) in [6.07, 6.45) is 17.8. The molecule has 0 saturated heterocycles. The molecule has 0 aromatic rings. The lowest BCUT2D eigenvalue weighted by atomic mass is 9.97. The Balaban J connectivity index is 3.89. The molecule has 0 amide bonds. The number of nitrogens with zero attached hydrogens (tertiary/aromatic N) is 3. The van der Waals surface area contributed by atoms with Crippen LogP contribution in [-0.2, 0) is 9.53 Å². The summed E-state index contributed by atoms with van der Waals surface area (Å²) in [6.45, 7) is 7.38. The molecule has 168 valence electrons. The maximum Gasteiger partial charge on any atom is 0.311 e.